The zero-order valence-electron chi connectivity index (χ0n) is 13.9. The summed E-state index contributed by atoms with van der Waals surface area (Å²) >= 11 is 0. The summed E-state index contributed by atoms with van der Waals surface area (Å²) in [6.07, 6.45) is 14.5. The summed E-state index contributed by atoms with van der Waals surface area (Å²) in [6, 6.07) is 0. The summed E-state index contributed by atoms with van der Waals surface area (Å²) in [5.41, 5.74) is 0.493. The fourth-order valence-corrected chi connectivity index (χ4v) is 2.31. The van der Waals surface area contributed by atoms with Gasteiger partial charge in [0.2, 0.25) is 0 Å². The van der Waals surface area contributed by atoms with Crippen molar-refractivity contribution in [2.45, 2.75) is 91.4 Å². The van der Waals surface area contributed by atoms with Gasteiger partial charge < -0.3 is 4.74 Å². The quantitative estimate of drug-likeness (QED) is 0.249. The number of hydrogen-bond acceptors (Lipinski definition) is 2. The maximum absolute atomic E-state index is 11.1. The number of unbranched alkanes of at least 4 members (excludes halogenated alkanes) is 8. The third kappa shape index (κ3) is 15.3. The minimum atomic E-state index is -0.154. The lowest BCUT2D eigenvalue weighted by atomic mass is 9.89. The normalized spacial score (nSPS) is 11.3. The topological polar surface area (TPSA) is 26.3 Å². The number of rotatable bonds is 12. The van der Waals surface area contributed by atoms with Crippen molar-refractivity contribution < 1.29 is 9.53 Å². The van der Waals surface area contributed by atoms with E-state index in [1.165, 1.54) is 57.6 Å². The molecule has 0 aromatic carbocycles. The van der Waals surface area contributed by atoms with Crippen molar-refractivity contribution in [3.8, 4) is 0 Å². The highest BCUT2D eigenvalue weighted by Crippen LogP contribution is 2.22. The molecule has 118 valence electrons. The van der Waals surface area contributed by atoms with Crippen molar-refractivity contribution >= 4 is 5.97 Å². The average Bonchev–Trinajstić information content (AvgIpc) is 2.35. The Bertz CT molecular complexity index is 251. The van der Waals surface area contributed by atoms with Crippen molar-refractivity contribution in [2.75, 3.05) is 0 Å². The summed E-state index contributed by atoms with van der Waals surface area (Å²) in [7, 11) is 0. The van der Waals surface area contributed by atoms with Crippen molar-refractivity contribution in [3.63, 3.8) is 0 Å². The minimum Gasteiger partial charge on any atom is -0.435 e. The number of hydrogen-bond donors (Lipinski definition) is 0. The summed E-state index contributed by atoms with van der Waals surface area (Å²) in [4.78, 5) is 11.1. The Labute approximate surface area is 126 Å². The Balaban J connectivity index is 3.14. The molecule has 0 atom stereocenters. The molecule has 0 saturated heterocycles. The van der Waals surface area contributed by atoms with Crippen LogP contribution in [0.25, 0.3) is 0 Å². The van der Waals surface area contributed by atoms with Crippen LogP contribution in [0.5, 0.6) is 0 Å². The molecular formula is C18H34O2. The van der Waals surface area contributed by atoms with Crippen LogP contribution in [0.4, 0.5) is 0 Å². The minimum absolute atomic E-state index is 0.154. The first kappa shape index (κ1) is 19.2. The molecule has 0 aliphatic rings. The Kier molecular flexibility index (Phi) is 11.5. The number of carbonyl (C=O) groups excluding carboxylic acids is 1. The van der Waals surface area contributed by atoms with E-state index >= 15 is 0 Å². The van der Waals surface area contributed by atoms with Gasteiger partial charge in [-0.15, -0.1) is 0 Å². The van der Waals surface area contributed by atoms with Gasteiger partial charge in [0.1, 0.15) is 0 Å². The molecule has 0 aliphatic carbocycles. The predicted molar refractivity (Wildman–Crippen MR) is 86.5 cm³/mol. The van der Waals surface area contributed by atoms with Gasteiger partial charge in [0.25, 0.3) is 0 Å². The van der Waals surface area contributed by atoms with Gasteiger partial charge in [-0.25, -0.2) is 0 Å². The third-order valence-corrected chi connectivity index (χ3v) is 3.52. The predicted octanol–water partition coefficient (Wildman–Crippen LogP) is 6.01. The smallest absolute Gasteiger partial charge is 0.310 e. The lowest BCUT2D eigenvalue weighted by Gasteiger charge is -2.17. The molecule has 0 unspecified atom stereocenters. The zero-order chi connectivity index (χ0) is 15.3. The van der Waals surface area contributed by atoms with Gasteiger partial charge in [-0.2, -0.15) is 0 Å². The number of ether oxygens (including phenoxy) is 1. The summed E-state index contributed by atoms with van der Waals surface area (Å²) < 4.78 is 4.67. The summed E-state index contributed by atoms with van der Waals surface area (Å²) in [5.74, 6) is -0.154. The highest BCUT2D eigenvalue weighted by Gasteiger charge is 2.08. The highest BCUT2D eigenvalue weighted by molar-refractivity contribution is 5.69. The van der Waals surface area contributed by atoms with Crippen LogP contribution in [0.3, 0.4) is 0 Å². The molecule has 2 nitrogen and oxygen atoms in total. The van der Waals surface area contributed by atoms with Gasteiger partial charge in [0.15, 0.2) is 0 Å². The van der Waals surface area contributed by atoms with Gasteiger partial charge in [-0.1, -0.05) is 78.7 Å². The molecule has 0 rings (SSSR count). The highest BCUT2D eigenvalue weighted by atomic mass is 16.5. The second kappa shape index (κ2) is 12.0. The van der Waals surface area contributed by atoms with E-state index < -0.39 is 0 Å². The molecule has 0 heterocycles. The van der Waals surface area contributed by atoms with Crippen LogP contribution in [0.15, 0.2) is 12.8 Å². The molecule has 0 bridgehead atoms. The lowest BCUT2D eigenvalue weighted by Crippen LogP contribution is -2.03. The van der Waals surface area contributed by atoms with Crippen LogP contribution < -0.4 is 0 Å². The second-order valence-electron chi connectivity index (χ2n) is 6.90. The Morgan fingerprint density at radius 1 is 0.900 bits per heavy atom. The van der Waals surface area contributed by atoms with Crippen molar-refractivity contribution in [2.24, 2.45) is 5.41 Å². The molecule has 0 aliphatic heterocycles. The molecule has 0 amide bonds. The van der Waals surface area contributed by atoms with Crippen LogP contribution in [-0.2, 0) is 9.53 Å². The van der Waals surface area contributed by atoms with Crippen LogP contribution in [0.2, 0.25) is 0 Å². The van der Waals surface area contributed by atoms with Gasteiger partial charge in [0.05, 0.1) is 6.26 Å². The summed E-state index contributed by atoms with van der Waals surface area (Å²) in [5, 5.41) is 0. The van der Waals surface area contributed by atoms with Crippen molar-refractivity contribution in [3.05, 3.63) is 12.8 Å². The summed E-state index contributed by atoms with van der Waals surface area (Å²) in [6.45, 7) is 10.3. The average molecular weight is 282 g/mol. The molecule has 20 heavy (non-hydrogen) atoms. The molecule has 0 fully saturated rings. The SMILES string of the molecule is C=COC(=O)CCCCCCCCCCCC(C)(C)C. The van der Waals surface area contributed by atoms with Crippen LogP contribution >= 0.6 is 0 Å². The van der Waals surface area contributed by atoms with E-state index in [-0.39, 0.29) is 5.97 Å². The fraction of sp³-hybridized carbons (Fsp3) is 0.833. The van der Waals surface area contributed by atoms with Gasteiger partial charge >= 0.3 is 5.97 Å². The maximum atomic E-state index is 11.1. The molecule has 2 heteroatoms. The van der Waals surface area contributed by atoms with E-state index in [1.54, 1.807) is 0 Å². The monoisotopic (exact) mass is 282 g/mol. The Morgan fingerprint density at radius 3 is 1.80 bits per heavy atom. The Hall–Kier alpha value is -0.790. The Morgan fingerprint density at radius 2 is 1.35 bits per heavy atom. The first-order valence-electron chi connectivity index (χ1n) is 8.26. The standard InChI is InChI=1S/C18H34O2/c1-5-20-17(19)15-13-11-9-7-6-8-10-12-14-16-18(2,3)4/h5H,1,6-16H2,2-4H3. The van der Waals surface area contributed by atoms with E-state index in [0.29, 0.717) is 11.8 Å². The van der Waals surface area contributed by atoms with Gasteiger partial charge in [-0.05, 0) is 18.3 Å². The first-order valence-corrected chi connectivity index (χ1v) is 8.26. The maximum Gasteiger partial charge on any atom is 0.310 e. The fourth-order valence-electron chi connectivity index (χ4n) is 2.31. The molecule has 0 radical (unpaired) electrons. The molecular weight excluding hydrogens is 248 g/mol. The number of esters is 1. The second-order valence-corrected chi connectivity index (χ2v) is 6.90. The van der Waals surface area contributed by atoms with Crippen LogP contribution in [0, 0.1) is 5.41 Å². The van der Waals surface area contributed by atoms with E-state index in [1.807, 2.05) is 0 Å². The van der Waals surface area contributed by atoms with E-state index in [0.717, 1.165) is 12.8 Å². The molecule has 0 spiro atoms. The lowest BCUT2D eigenvalue weighted by molar-refractivity contribution is -0.138. The third-order valence-electron chi connectivity index (χ3n) is 3.52. The van der Waals surface area contributed by atoms with E-state index in [4.69, 9.17) is 0 Å². The van der Waals surface area contributed by atoms with E-state index in [9.17, 15) is 4.79 Å². The van der Waals surface area contributed by atoms with Gasteiger partial charge in [0, 0.05) is 6.42 Å². The first-order chi connectivity index (χ1) is 9.45. The van der Waals surface area contributed by atoms with Crippen molar-refractivity contribution in [1.82, 2.24) is 0 Å². The molecule has 0 aromatic rings. The molecule has 0 aromatic heterocycles. The van der Waals surface area contributed by atoms with Crippen LogP contribution in [0.1, 0.15) is 91.4 Å². The molecule has 0 saturated carbocycles. The zero-order valence-corrected chi connectivity index (χ0v) is 13.9. The largest absolute Gasteiger partial charge is 0.435 e. The van der Waals surface area contributed by atoms with Crippen molar-refractivity contribution in [1.29, 1.82) is 0 Å². The number of carbonyl (C=O) groups is 1. The van der Waals surface area contributed by atoms with E-state index in [2.05, 4.69) is 32.1 Å². The molecule has 0 N–H and O–H groups in total. The van der Waals surface area contributed by atoms with Crippen LogP contribution in [-0.4, -0.2) is 5.97 Å². The van der Waals surface area contributed by atoms with Gasteiger partial charge in [-0.3, -0.25) is 4.79 Å².